The van der Waals surface area contributed by atoms with E-state index >= 15 is 0 Å². The van der Waals surface area contributed by atoms with Crippen LogP contribution in [0, 0.1) is 0 Å². The van der Waals surface area contributed by atoms with Gasteiger partial charge in [-0.05, 0) is 32.3 Å². The summed E-state index contributed by atoms with van der Waals surface area (Å²) in [6, 6.07) is 10.6. The zero-order valence-corrected chi connectivity index (χ0v) is 11.5. The van der Waals surface area contributed by atoms with Crippen molar-refractivity contribution in [2.75, 3.05) is 0 Å². The summed E-state index contributed by atoms with van der Waals surface area (Å²) in [5.41, 5.74) is 6.19. The van der Waals surface area contributed by atoms with E-state index in [1.807, 2.05) is 18.2 Å². The average molecular weight is 262 g/mol. The van der Waals surface area contributed by atoms with Crippen LogP contribution in [0.1, 0.15) is 32.3 Å². The first-order valence-electron chi connectivity index (χ1n) is 6.74. The van der Waals surface area contributed by atoms with Gasteiger partial charge in [-0.25, -0.2) is 0 Å². The number of nitrogens with two attached hydrogens (primary N) is 1. The number of piperidine rings is 1. The van der Waals surface area contributed by atoms with Crippen molar-refractivity contribution in [1.29, 1.82) is 0 Å². The van der Waals surface area contributed by atoms with Gasteiger partial charge < -0.3 is 10.8 Å². The molecule has 4 heteroatoms. The summed E-state index contributed by atoms with van der Waals surface area (Å²) in [5.74, 6) is -0.884. The maximum absolute atomic E-state index is 11.3. The van der Waals surface area contributed by atoms with Gasteiger partial charge in [0.05, 0.1) is 0 Å². The maximum Gasteiger partial charge on any atom is 0.323 e. The first-order chi connectivity index (χ1) is 8.92. The highest BCUT2D eigenvalue weighted by molar-refractivity contribution is 5.78. The minimum absolute atomic E-state index is 0.171. The number of carboxylic acid groups (broad SMARTS) is 1. The van der Waals surface area contributed by atoms with Crippen LogP contribution in [-0.2, 0) is 11.3 Å². The molecule has 4 nitrogen and oxygen atoms in total. The van der Waals surface area contributed by atoms with Crippen LogP contribution >= 0.6 is 0 Å². The summed E-state index contributed by atoms with van der Waals surface area (Å²) >= 11 is 0. The summed E-state index contributed by atoms with van der Waals surface area (Å²) in [5, 5.41) is 9.27. The molecule has 1 aliphatic rings. The Morgan fingerprint density at radius 1 is 1.32 bits per heavy atom. The quantitative estimate of drug-likeness (QED) is 0.872. The van der Waals surface area contributed by atoms with E-state index in [0.717, 1.165) is 6.54 Å². The number of nitrogens with zero attached hydrogens (tertiary/aromatic N) is 1. The first kappa shape index (κ1) is 14.0. The molecule has 0 bridgehead atoms. The standard InChI is InChI=1S/C15H22N2O2/c1-11-8-15(16,14(18)19)9-12(2)17(11)10-13-6-4-3-5-7-13/h3-7,11-12H,8-10,16H2,1-2H3,(H,18,19)/t11-,12+,15?. The van der Waals surface area contributed by atoms with Gasteiger partial charge in [0.15, 0.2) is 0 Å². The minimum atomic E-state index is -1.08. The highest BCUT2D eigenvalue weighted by Gasteiger charge is 2.44. The summed E-state index contributed by atoms with van der Waals surface area (Å²) in [6.07, 6.45) is 0.999. The fraction of sp³-hybridized carbons (Fsp3) is 0.533. The molecule has 0 aromatic heterocycles. The van der Waals surface area contributed by atoms with Crippen LogP contribution in [0.4, 0.5) is 0 Å². The molecule has 1 aliphatic heterocycles. The van der Waals surface area contributed by atoms with Crippen molar-refractivity contribution in [3.05, 3.63) is 35.9 Å². The molecule has 19 heavy (non-hydrogen) atoms. The molecule has 0 spiro atoms. The first-order valence-corrected chi connectivity index (χ1v) is 6.74. The smallest absolute Gasteiger partial charge is 0.323 e. The molecule has 1 saturated heterocycles. The molecule has 0 radical (unpaired) electrons. The number of aliphatic carboxylic acids is 1. The Balaban J connectivity index is 2.10. The molecule has 3 atom stereocenters. The molecule has 1 unspecified atom stereocenters. The molecular formula is C15H22N2O2. The van der Waals surface area contributed by atoms with E-state index in [1.54, 1.807) is 0 Å². The van der Waals surface area contributed by atoms with Gasteiger partial charge >= 0.3 is 5.97 Å². The minimum Gasteiger partial charge on any atom is -0.480 e. The molecule has 2 rings (SSSR count). The third-order valence-corrected chi connectivity index (χ3v) is 4.09. The Hall–Kier alpha value is -1.39. The monoisotopic (exact) mass is 262 g/mol. The highest BCUT2D eigenvalue weighted by Crippen LogP contribution is 2.30. The lowest BCUT2D eigenvalue weighted by molar-refractivity contribution is -0.147. The van der Waals surface area contributed by atoms with E-state index in [0.29, 0.717) is 12.8 Å². The molecule has 0 amide bonds. The molecule has 3 N–H and O–H groups in total. The van der Waals surface area contributed by atoms with Crippen molar-refractivity contribution >= 4 is 5.97 Å². The Kier molecular flexibility index (Phi) is 3.92. The zero-order chi connectivity index (χ0) is 14.0. The fourth-order valence-corrected chi connectivity index (χ4v) is 3.09. The van der Waals surface area contributed by atoms with Crippen molar-refractivity contribution in [1.82, 2.24) is 4.90 Å². The molecular weight excluding hydrogens is 240 g/mol. The lowest BCUT2D eigenvalue weighted by Crippen LogP contribution is -2.61. The van der Waals surface area contributed by atoms with Crippen molar-refractivity contribution in [2.45, 2.75) is 50.9 Å². The van der Waals surface area contributed by atoms with Gasteiger partial charge in [0, 0.05) is 18.6 Å². The number of carbonyl (C=O) groups is 1. The second-order valence-electron chi connectivity index (χ2n) is 5.73. The third kappa shape index (κ3) is 2.96. The van der Waals surface area contributed by atoms with E-state index in [2.05, 4.69) is 30.9 Å². The summed E-state index contributed by atoms with van der Waals surface area (Å²) in [4.78, 5) is 13.6. The number of hydrogen-bond acceptors (Lipinski definition) is 3. The SMILES string of the molecule is C[C@@H]1CC(N)(C(=O)O)C[C@H](C)N1Cc1ccccc1. The van der Waals surface area contributed by atoms with Crippen LogP contribution in [0.2, 0.25) is 0 Å². The van der Waals surface area contributed by atoms with E-state index in [9.17, 15) is 9.90 Å². The number of likely N-dealkylation sites (tertiary alicyclic amines) is 1. The van der Waals surface area contributed by atoms with Crippen molar-refractivity contribution < 1.29 is 9.90 Å². The lowest BCUT2D eigenvalue weighted by atomic mass is 9.80. The van der Waals surface area contributed by atoms with E-state index in [-0.39, 0.29) is 12.1 Å². The second kappa shape index (κ2) is 5.31. The molecule has 1 fully saturated rings. The predicted molar refractivity (Wildman–Crippen MR) is 74.7 cm³/mol. The Morgan fingerprint density at radius 2 is 1.84 bits per heavy atom. The van der Waals surface area contributed by atoms with Crippen molar-refractivity contribution in [3.8, 4) is 0 Å². The topological polar surface area (TPSA) is 66.6 Å². The number of benzene rings is 1. The summed E-state index contributed by atoms with van der Waals surface area (Å²) in [7, 11) is 0. The molecule has 104 valence electrons. The van der Waals surface area contributed by atoms with Crippen LogP contribution in [0.3, 0.4) is 0 Å². The van der Waals surface area contributed by atoms with Crippen molar-refractivity contribution in [3.63, 3.8) is 0 Å². The fourth-order valence-electron chi connectivity index (χ4n) is 3.09. The molecule has 0 saturated carbocycles. The van der Waals surface area contributed by atoms with Gasteiger partial charge in [0.25, 0.3) is 0 Å². The van der Waals surface area contributed by atoms with Crippen molar-refractivity contribution in [2.24, 2.45) is 5.73 Å². The maximum atomic E-state index is 11.3. The lowest BCUT2D eigenvalue weighted by Gasteiger charge is -2.45. The second-order valence-corrected chi connectivity index (χ2v) is 5.73. The predicted octanol–water partition coefficient (Wildman–Crippen LogP) is 1.84. The van der Waals surface area contributed by atoms with Crippen LogP contribution in [0.5, 0.6) is 0 Å². The van der Waals surface area contributed by atoms with Gasteiger partial charge in [-0.1, -0.05) is 30.3 Å². The van der Waals surface area contributed by atoms with Crippen LogP contribution in [0.15, 0.2) is 30.3 Å². The zero-order valence-electron chi connectivity index (χ0n) is 11.5. The van der Waals surface area contributed by atoms with Gasteiger partial charge in [-0.15, -0.1) is 0 Å². The van der Waals surface area contributed by atoms with Gasteiger partial charge in [-0.3, -0.25) is 9.69 Å². The third-order valence-electron chi connectivity index (χ3n) is 4.09. The average Bonchev–Trinajstić information content (AvgIpc) is 2.35. The Morgan fingerprint density at radius 3 is 2.32 bits per heavy atom. The van der Waals surface area contributed by atoms with E-state index in [1.165, 1.54) is 5.56 Å². The Bertz CT molecular complexity index is 435. The van der Waals surface area contributed by atoms with Crippen LogP contribution < -0.4 is 5.73 Å². The molecule has 0 aliphatic carbocycles. The largest absolute Gasteiger partial charge is 0.480 e. The molecule has 1 aromatic rings. The van der Waals surface area contributed by atoms with Crippen LogP contribution in [0.25, 0.3) is 0 Å². The normalized spacial score (nSPS) is 32.2. The highest BCUT2D eigenvalue weighted by atomic mass is 16.4. The molecule has 1 aromatic carbocycles. The number of rotatable bonds is 3. The Labute approximate surface area is 114 Å². The summed E-state index contributed by atoms with van der Waals surface area (Å²) in [6.45, 7) is 4.96. The van der Waals surface area contributed by atoms with E-state index < -0.39 is 11.5 Å². The van der Waals surface area contributed by atoms with Crippen LogP contribution in [-0.4, -0.2) is 33.6 Å². The van der Waals surface area contributed by atoms with Gasteiger partial charge in [0.2, 0.25) is 0 Å². The van der Waals surface area contributed by atoms with Gasteiger partial charge in [0.1, 0.15) is 5.54 Å². The number of hydrogen-bond donors (Lipinski definition) is 2. The summed E-state index contributed by atoms with van der Waals surface area (Å²) < 4.78 is 0. The molecule has 1 heterocycles. The number of carboxylic acids is 1. The van der Waals surface area contributed by atoms with E-state index in [4.69, 9.17) is 5.73 Å². The van der Waals surface area contributed by atoms with Gasteiger partial charge in [-0.2, -0.15) is 0 Å².